The van der Waals surface area contributed by atoms with E-state index in [0.29, 0.717) is 6.04 Å². The predicted octanol–water partition coefficient (Wildman–Crippen LogP) is 3.73. The Labute approximate surface area is 93.9 Å². The zero-order valence-corrected chi connectivity index (χ0v) is 9.87. The molecule has 83 valence electrons. The van der Waals surface area contributed by atoms with Gasteiger partial charge in [0.05, 0.1) is 0 Å². The summed E-state index contributed by atoms with van der Waals surface area (Å²) >= 11 is 0. The van der Waals surface area contributed by atoms with Gasteiger partial charge in [0.25, 0.3) is 0 Å². The van der Waals surface area contributed by atoms with Gasteiger partial charge in [-0.3, -0.25) is 0 Å². The van der Waals surface area contributed by atoms with Crippen molar-refractivity contribution in [3.05, 3.63) is 42.3 Å². The molecule has 0 amide bonds. The highest BCUT2D eigenvalue weighted by molar-refractivity contribution is 5.21. The summed E-state index contributed by atoms with van der Waals surface area (Å²) < 4.78 is 0. The van der Waals surface area contributed by atoms with Crippen molar-refractivity contribution in [2.75, 3.05) is 6.54 Å². The third-order valence-electron chi connectivity index (χ3n) is 2.46. The molecule has 0 spiro atoms. The van der Waals surface area contributed by atoms with E-state index in [4.69, 9.17) is 0 Å². The fraction of sp³-hybridized carbons (Fsp3) is 0.500. The number of unbranched alkanes of at least 4 members (excludes halogenated alkanes) is 1. The average Bonchev–Trinajstić information content (AvgIpc) is 2.30. The minimum Gasteiger partial charge on any atom is -0.310 e. The molecule has 0 aromatic heterocycles. The SMILES string of the molecule is CCC[CH]C(NCCC)c1ccccc1. The van der Waals surface area contributed by atoms with Crippen molar-refractivity contribution in [2.24, 2.45) is 0 Å². The Morgan fingerprint density at radius 1 is 1.13 bits per heavy atom. The highest BCUT2D eigenvalue weighted by atomic mass is 14.9. The van der Waals surface area contributed by atoms with E-state index in [1.165, 1.54) is 24.8 Å². The molecule has 0 aliphatic heterocycles. The molecule has 0 heterocycles. The molecule has 0 bridgehead atoms. The van der Waals surface area contributed by atoms with E-state index in [9.17, 15) is 0 Å². The van der Waals surface area contributed by atoms with E-state index in [1.54, 1.807) is 0 Å². The number of nitrogens with one attached hydrogen (secondary N) is 1. The second-order valence-electron chi connectivity index (χ2n) is 3.87. The largest absolute Gasteiger partial charge is 0.310 e. The molecule has 0 aliphatic rings. The molecule has 1 aromatic carbocycles. The normalized spacial score (nSPS) is 12.7. The van der Waals surface area contributed by atoms with Crippen molar-refractivity contribution in [3.63, 3.8) is 0 Å². The second-order valence-corrected chi connectivity index (χ2v) is 3.87. The molecule has 1 N–H and O–H groups in total. The molecule has 1 unspecified atom stereocenters. The standard InChI is InChI=1S/C14H22N/c1-3-5-11-14(15-12-4-2)13-9-7-6-8-10-13/h6-11,14-15H,3-5,12H2,1-2H3. The van der Waals surface area contributed by atoms with Crippen LogP contribution >= 0.6 is 0 Å². The average molecular weight is 204 g/mol. The summed E-state index contributed by atoms with van der Waals surface area (Å²) in [5.74, 6) is 0. The van der Waals surface area contributed by atoms with Gasteiger partial charge in [-0.25, -0.2) is 0 Å². The van der Waals surface area contributed by atoms with Crippen molar-refractivity contribution in [2.45, 2.75) is 39.2 Å². The van der Waals surface area contributed by atoms with Crippen LogP contribution in [-0.4, -0.2) is 6.54 Å². The Morgan fingerprint density at radius 3 is 2.47 bits per heavy atom. The predicted molar refractivity (Wildman–Crippen MR) is 66.7 cm³/mol. The van der Waals surface area contributed by atoms with Crippen molar-refractivity contribution < 1.29 is 0 Å². The van der Waals surface area contributed by atoms with Crippen LogP contribution in [0.2, 0.25) is 0 Å². The summed E-state index contributed by atoms with van der Waals surface area (Å²) in [6.07, 6.45) is 5.96. The quantitative estimate of drug-likeness (QED) is 0.713. The van der Waals surface area contributed by atoms with Gasteiger partial charge < -0.3 is 5.32 Å². The van der Waals surface area contributed by atoms with Gasteiger partial charge in [0.15, 0.2) is 0 Å². The maximum atomic E-state index is 3.56. The third kappa shape index (κ3) is 4.48. The van der Waals surface area contributed by atoms with Crippen molar-refractivity contribution in [1.82, 2.24) is 5.32 Å². The maximum Gasteiger partial charge on any atom is 0.0352 e. The molecule has 1 heteroatoms. The topological polar surface area (TPSA) is 12.0 Å². The zero-order valence-electron chi connectivity index (χ0n) is 9.87. The lowest BCUT2D eigenvalue weighted by Crippen LogP contribution is -2.22. The van der Waals surface area contributed by atoms with Crippen LogP contribution in [0, 0.1) is 6.42 Å². The van der Waals surface area contributed by atoms with Crippen LogP contribution in [0.1, 0.15) is 44.7 Å². The third-order valence-corrected chi connectivity index (χ3v) is 2.46. The van der Waals surface area contributed by atoms with E-state index in [2.05, 4.69) is 55.9 Å². The Balaban J connectivity index is 2.55. The fourth-order valence-electron chi connectivity index (χ4n) is 1.63. The van der Waals surface area contributed by atoms with Crippen molar-refractivity contribution in [1.29, 1.82) is 0 Å². The Kier molecular flexibility index (Phi) is 6.10. The summed E-state index contributed by atoms with van der Waals surface area (Å²) in [4.78, 5) is 0. The number of hydrogen-bond donors (Lipinski definition) is 1. The lowest BCUT2D eigenvalue weighted by atomic mass is 10.0. The molecule has 1 atom stereocenters. The highest BCUT2D eigenvalue weighted by Crippen LogP contribution is 2.17. The van der Waals surface area contributed by atoms with Crippen LogP contribution in [0.15, 0.2) is 30.3 Å². The smallest absolute Gasteiger partial charge is 0.0352 e. The van der Waals surface area contributed by atoms with Gasteiger partial charge in [-0.1, -0.05) is 50.6 Å². The molecule has 15 heavy (non-hydrogen) atoms. The lowest BCUT2D eigenvalue weighted by molar-refractivity contribution is 0.565. The summed E-state index contributed by atoms with van der Waals surface area (Å²) in [5, 5.41) is 3.56. The van der Waals surface area contributed by atoms with Gasteiger partial charge in [-0.15, -0.1) is 0 Å². The Morgan fingerprint density at radius 2 is 1.87 bits per heavy atom. The van der Waals surface area contributed by atoms with Crippen LogP contribution in [-0.2, 0) is 0 Å². The summed E-state index contributed by atoms with van der Waals surface area (Å²) in [6, 6.07) is 11.1. The number of rotatable bonds is 7. The number of hydrogen-bond acceptors (Lipinski definition) is 1. The van der Waals surface area contributed by atoms with Gasteiger partial charge in [-0.05, 0) is 31.4 Å². The highest BCUT2D eigenvalue weighted by Gasteiger charge is 2.08. The van der Waals surface area contributed by atoms with Crippen LogP contribution in [0.5, 0.6) is 0 Å². The fourth-order valence-corrected chi connectivity index (χ4v) is 1.63. The van der Waals surface area contributed by atoms with Crippen molar-refractivity contribution >= 4 is 0 Å². The zero-order chi connectivity index (χ0) is 10.9. The van der Waals surface area contributed by atoms with Crippen LogP contribution in [0.25, 0.3) is 0 Å². The second kappa shape index (κ2) is 7.47. The van der Waals surface area contributed by atoms with E-state index in [-0.39, 0.29) is 0 Å². The minimum atomic E-state index is 0.422. The van der Waals surface area contributed by atoms with Crippen molar-refractivity contribution in [3.8, 4) is 0 Å². The van der Waals surface area contributed by atoms with Gasteiger partial charge in [0, 0.05) is 6.04 Å². The molecule has 1 radical (unpaired) electrons. The molecule has 0 saturated carbocycles. The lowest BCUT2D eigenvalue weighted by Gasteiger charge is -2.18. The minimum absolute atomic E-state index is 0.422. The molecule has 0 fully saturated rings. The summed E-state index contributed by atoms with van der Waals surface area (Å²) in [6.45, 7) is 5.51. The Hall–Kier alpha value is -0.820. The maximum absolute atomic E-state index is 3.56. The van der Waals surface area contributed by atoms with E-state index in [0.717, 1.165) is 6.54 Å². The Bertz CT molecular complexity index is 235. The van der Waals surface area contributed by atoms with Gasteiger partial charge in [-0.2, -0.15) is 0 Å². The van der Waals surface area contributed by atoms with E-state index in [1.807, 2.05) is 0 Å². The first-order valence-electron chi connectivity index (χ1n) is 6.00. The number of benzene rings is 1. The molecular formula is C14H22N. The van der Waals surface area contributed by atoms with E-state index < -0.39 is 0 Å². The van der Waals surface area contributed by atoms with Crippen LogP contribution in [0.3, 0.4) is 0 Å². The van der Waals surface area contributed by atoms with Crippen LogP contribution < -0.4 is 5.32 Å². The van der Waals surface area contributed by atoms with E-state index >= 15 is 0 Å². The summed E-state index contributed by atoms with van der Waals surface area (Å²) in [5.41, 5.74) is 1.37. The molecule has 1 aromatic rings. The molecule has 1 nitrogen and oxygen atoms in total. The van der Waals surface area contributed by atoms with Gasteiger partial charge >= 0.3 is 0 Å². The van der Waals surface area contributed by atoms with Gasteiger partial charge in [0.2, 0.25) is 0 Å². The van der Waals surface area contributed by atoms with Gasteiger partial charge in [0.1, 0.15) is 0 Å². The first kappa shape index (κ1) is 12.3. The molecular weight excluding hydrogens is 182 g/mol. The first-order chi connectivity index (χ1) is 7.38. The molecule has 1 rings (SSSR count). The molecule has 0 aliphatic carbocycles. The summed E-state index contributed by atoms with van der Waals surface area (Å²) in [7, 11) is 0. The monoisotopic (exact) mass is 204 g/mol. The first-order valence-corrected chi connectivity index (χ1v) is 6.00. The van der Waals surface area contributed by atoms with Crippen LogP contribution in [0.4, 0.5) is 0 Å². The molecule has 0 saturated heterocycles.